The van der Waals surface area contributed by atoms with Crippen molar-refractivity contribution in [3.05, 3.63) is 0 Å². The van der Waals surface area contributed by atoms with Crippen LogP contribution in [0, 0.1) is 52.3 Å². The number of fused-ring (bicyclic) bond motifs is 5. The molecule has 0 aromatic carbocycles. The van der Waals surface area contributed by atoms with Crippen LogP contribution in [0.4, 0.5) is 0 Å². The van der Waals surface area contributed by atoms with Gasteiger partial charge in [0.05, 0.1) is 6.10 Å². The highest BCUT2D eigenvalue weighted by Crippen LogP contribution is 2.68. The van der Waals surface area contributed by atoms with Crippen LogP contribution in [0.2, 0.25) is 0 Å². The van der Waals surface area contributed by atoms with E-state index in [4.69, 9.17) is 8.85 Å². The molecule has 4 aliphatic carbocycles. The van der Waals surface area contributed by atoms with Crippen molar-refractivity contribution in [1.29, 1.82) is 0 Å². The fourth-order valence-electron chi connectivity index (χ4n) is 8.91. The van der Waals surface area contributed by atoms with Crippen LogP contribution < -0.4 is 0 Å². The van der Waals surface area contributed by atoms with Gasteiger partial charge in [0.15, 0.2) is 0 Å². The first-order valence-corrected chi connectivity index (χ1v) is 12.9. The van der Waals surface area contributed by atoms with Crippen molar-refractivity contribution in [2.45, 2.75) is 111 Å². The Morgan fingerprint density at radius 2 is 1.83 bits per heavy atom. The molecule has 0 spiro atoms. The van der Waals surface area contributed by atoms with E-state index in [9.17, 15) is 4.79 Å². The van der Waals surface area contributed by atoms with E-state index in [1.54, 1.807) is 7.11 Å². The summed E-state index contributed by atoms with van der Waals surface area (Å²) in [5.74, 6) is 3.08. The second kappa shape index (κ2) is 8.53. The largest absolute Gasteiger partial charge is 0.380 e. The Kier molecular flexibility index (Phi) is 5.44. The van der Waals surface area contributed by atoms with E-state index in [2.05, 4.69) is 34.6 Å². The van der Waals surface area contributed by atoms with E-state index in [0.29, 0.717) is 23.2 Å². The maximum atomic E-state index is 12.8. The topological polar surface area (TPSA) is 26.3 Å². The molecule has 2 nitrogen and oxygen atoms in total. The summed E-state index contributed by atoms with van der Waals surface area (Å²) in [4.78, 5) is 12.8. The summed E-state index contributed by atoms with van der Waals surface area (Å²) < 4.78 is 31.9. The Morgan fingerprint density at radius 3 is 2.53 bits per heavy atom. The first kappa shape index (κ1) is 19.1. The SMILES string of the molecule is [2H][C@H]1C(=O)C([2H])([2H])[C@H]2CC[C@H]3[C@@H]4CC[C@H]([C@H](C)CCCC(C)C)[C@@]4(C)CC[C@@H]3[C@@]2(C)[C@H]1OC. The van der Waals surface area contributed by atoms with Gasteiger partial charge in [-0.3, -0.25) is 4.79 Å². The molecule has 0 N–H and O–H groups in total. The molecule has 172 valence electrons. The molecular formula is C28H48O2. The van der Waals surface area contributed by atoms with Gasteiger partial charge >= 0.3 is 0 Å². The summed E-state index contributed by atoms with van der Waals surface area (Å²) in [5, 5.41) is 0. The Hall–Kier alpha value is -0.370. The van der Waals surface area contributed by atoms with E-state index in [0.717, 1.165) is 37.0 Å². The summed E-state index contributed by atoms with van der Waals surface area (Å²) in [5.41, 5.74) is -0.0577. The number of ketones is 1. The fraction of sp³-hybridized carbons (Fsp3) is 0.964. The van der Waals surface area contributed by atoms with Crippen molar-refractivity contribution in [2.75, 3.05) is 7.11 Å². The smallest absolute Gasteiger partial charge is 0.135 e. The first-order valence-electron chi connectivity index (χ1n) is 14.5. The lowest BCUT2D eigenvalue weighted by Crippen LogP contribution is -2.59. The van der Waals surface area contributed by atoms with Gasteiger partial charge in [-0.25, -0.2) is 0 Å². The number of hydrogen-bond acceptors (Lipinski definition) is 2. The van der Waals surface area contributed by atoms with Crippen molar-refractivity contribution in [3.63, 3.8) is 0 Å². The third-order valence-electron chi connectivity index (χ3n) is 10.5. The average Bonchev–Trinajstić information content (AvgIpc) is 3.09. The highest BCUT2D eigenvalue weighted by atomic mass is 16.5. The molecule has 4 rings (SSSR count). The predicted octanol–water partition coefficient (Wildman–Crippen LogP) is 7.30. The van der Waals surface area contributed by atoms with Crippen LogP contribution in [0.15, 0.2) is 0 Å². The number of carbonyl (C=O) groups excluding carboxylic acids is 1. The van der Waals surface area contributed by atoms with E-state index in [1.165, 1.54) is 38.5 Å². The van der Waals surface area contributed by atoms with E-state index in [-0.39, 0.29) is 5.92 Å². The highest BCUT2D eigenvalue weighted by molar-refractivity contribution is 5.80. The zero-order valence-electron chi connectivity index (χ0n) is 23.4. The lowest BCUT2D eigenvalue weighted by molar-refractivity contribution is -0.178. The average molecular weight is 420 g/mol. The molecule has 10 atom stereocenters. The van der Waals surface area contributed by atoms with Crippen LogP contribution in [0.3, 0.4) is 0 Å². The number of rotatable bonds is 6. The van der Waals surface area contributed by atoms with Crippen LogP contribution in [-0.4, -0.2) is 19.0 Å². The third-order valence-corrected chi connectivity index (χ3v) is 10.5. The second-order valence-electron chi connectivity index (χ2n) is 12.2. The Bertz CT molecular complexity index is 739. The van der Waals surface area contributed by atoms with Gasteiger partial charge in [-0.1, -0.05) is 53.9 Å². The van der Waals surface area contributed by atoms with Crippen molar-refractivity contribution in [2.24, 2.45) is 52.3 Å². The van der Waals surface area contributed by atoms with Crippen LogP contribution in [0.1, 0.15) is 109 Å². The van der Waals surface area contributed by atoms with Crippen LogP contribution in [0.5, 0.6) is 0 Å². The van der Waals surface area contributed by atoms with E-state index < -0.39 is 30.1 Å². The Morgan fingerprint density at radius 1 is 1.07 bits per heavy atom. The molecule has 0 unspecified atom stereocenters. The molecule has 0 aromatic rings. The molecule has 4 aliphatic rings. The minimum absolute atomic E-state index is 0.332. The quantitative estimate of drug-likeness (QED) is 0.451. The first-order chi connectivity index (χ1) is 15.4. The molecular weight excluding hydrogens is 368 g/mol. The van der Waals surface area contributed by atoms with Crippen molar-refractivity contribution in [3.8, 4) is 0 Å². The van der Waals surface area contributed by atoms with Gasteiger partial charge in [-0.2, -0.15) is 0 Å². The molecule has 30 heavy (non-hydrogen) atoms. The number of carbonyl (C=O) groups is 1. The maximum absolute atomic E-state index is 12.8. The molecule has 0 amide bonds. The molecule has 4 fully saturated rings. The Balaban J connectivity index is 1.58. The highest BCUT2D eigenvalue weighted by Gasteiger charge is 2.62. The fourth-order valence-corrected chi connectivity index (χ4v) is 8.91. The van der Waals surface area contributed by atoms with Gasteiger partial charge in [0.1, 0.15) is 5.78 Å². The van der Waals surface area contributed by atoms with Gasteiger partial charge in [0, 0.05) is 29.4 Å². The molecule has 0 heterocycles. The molecule has 0 aliphatic heterocycles. The van der Waals surface area contributed by atoms with Crippen LogP contribution >= 0.6 is 0 Å². The van der Waals surface area contributed by atoms with Crippen molar-refractivity contribution in [1.82, 2.24) is 0 Å². The van der Waals surface area contributed by atoms with Gasteiger partial charge in [-0.15, -0.1) is 0 Å². The summed E-state index contributed by atoms with van der Waals surface area (Å²) in [6.45, 7) is 11.9. The van der Waals surface area contributed by atoms with Gasteiger partial charge in [0.2, 0.25) is 0 Å². The summed E-state index contributed by atoms with van der Waals surface area (Å²) in [7, 11) is 1.63. The predicted molar refractivity (Wildman–Crippen MR) is 124 cm³/mol. The number of hydrogen-bond donors (Lipinski definition) is 0. The maximum Gasteiger partial charge on any atom is 0.135 e. The minimum Gasteiger partial charge on any atom is -0.380 e. The number of ether oxygens (including phenoxy) is 1. The third kappa shape index (κ3) is 3.61. The van der Waals surface area contributed by atoms with Crippen LogP contribution in [-0.2, 0) is 9.53 Å². The van der Waals surface area contributed by atoms with E-state index >= 15 is 0 Å². The monoisotopic (exact) mass is 419 g/mol. The lowest BCUT2D eigenvalue weighted by Gasteiger charge is -2.62. The lowest BCUT2D eigenvalue weighted by atomic mass is 9.43. The van der Waals surface area contributed by atoms with Crippen LogP contribution in [0.25, 0.3) is 0 Å². The number of Topliss-reactive ketones (excluding diaryl/α,β-unsaturated/α-hetero) is 1. The zero-order chi connectivity index (χ0) is 24.3. The van der Waals surface area contributed by atoms with Gasteiger partial charge in [0.25, 0.3) is 0 Å². The second-order valence-corrected chi connectivity index (χ2v) is 12.2. The molecule has 0 aromatic heterocycles. The molecule has 0 radical (unpaired) electrons. The summed E-state index contributed by atoms with van der Waals surface area (Å²) >= 11 is 0. The van der Waals surface area contributed by atoms with Gasteiger partial charge < -0.3 is 4.74 Å². The molecule has 4 saturated carbocycles. The molecule has 0 bridgehead atoms. The summed E-state index contributed by atoms with van der Waals surface area (Å²) in [6, 6.07) is 0. The Labute approximate surface area is 190 Å². The number of methoxy groups -OCH3 is 1. The van der Waals surface area contributed by atoms with Crippen molar-refractivity contribution < 1.29 is 13.6 Å². The minimum atomic E-state index is -1.91. The molecule has 2 heteroatoms. The molecule has 0 saturated heterocycles. The normalized spacial score (nSPS) is 52.6. The summed E-state index contributed by atoms with van der Waals surface area (Å²) in [6.07, 6.45) is 7.20. The van der Waals surface area contributed by atoms with E-state index in [1.807, 2.05) is 0 Å². The van der Waals surface area contributed by atoms with Gasteiger partial charge in [-0.05, 0) is 85.4 Å². The standard InChI is InChI=1S/C28H48O2/c1-18(2)8-7-9-19(3)23-12-13-24-22-11-10-20-16-21(29)17-26(30-6)28(20,5)25(22)14-15-27(23,24)4/h18-20,22-26H,7-17H2,1-6H3/t19-,20-,22+,23-,24+,25+,26+,27-,28+/m1/s1/i16D2,17D/t17-,19+,20+,22-,23+,24-,25-,26-,27+,28-/m0. The zero-order valence-corrected chi connectivity index (χ0v) is 20.4. The van der Waals surface area contributed by atoms with Crippen molar-refractivity contribution >= 4 is 5.78 Å².